The molecule has 2 nitrogen and oxygen atoms in total. The Morgan fingerprint density at radius 1 is 1.50 bits per heavy atom. The molecule has 62 valence electrons. The van der Waals surface area contributed by atoms with Gasteiger partial charge >= 0.3 is 0 Å². The number of hydrogen-bond donors (Lipinski definition) is 1. The summed E-state index contributed by atoms with van der Waals surface area (Å²) in [6.45, 7) is 3.72. The van der Waals surface area contributed by atoms with E-state index in [1.165, 1.54) is 0 Å². The number of nitrogens with one attached hydrogen (secondary N) is 1. The third kappa shape index (κ3) is 1.95. The van der Waals surface area contributed by atoms with E-state index < -0.39 is 0 Å². The summed E-state index contributed by atoms with van der Waals surface area (Å²) in [5.41, 5.74) is 2.17. The minimum absolute atomic E-state index is 1.07. The molecule has 1 aromatic rings. The fourth-order valence-corrected chi connectivity index (χ4v) is 0.916. The first-order valence-electron chi connectivity index (χ1n) is 3.78. The molecule has 12 heavy (non-hydrogen) atoms. The largest absolute Gasteiger partial charge is 0.394 e. The zero-order valence-corrected chi connectivity index (χ0v) is 7.12. The molecule has 0 unspecified atom stereocenters. The number of rotatable bonds is 3. The van der Waals surface area contributed by atoms with Crippen molar-refractivity contribution in [1.29, 1.82) is 0 Å². The topological polar surface area (TPSA) is 24.9 Å². The summed E-state index contributed by atoms with van der Waals surface area (Å²) in [6, 6.07) is 1.93. The van der Waals surface area contributed by atoms with Crippen LogP contribution < -0.4 is 5.32 Å². The van der Waals surface area contributed by atoms with Gasteiger partial charge < -0.3 is 5.32 Å². The summed E-state index contributed by atoms with van der Waals surface area (Å²) in [4.78, 5) is 4.02. The fraction of sp³-hybridized carbons (Fsp3) is 0.100. The zero-order valence-electron chi connectivity index (χ0n) is 7.12. The molecule has 0 bridgehead atoms. The van der Waals surface area contributed by atoms with Gasteiger partial charge in [0.1, 0.15) is 0 Å². The molecule has 0 atom stereocenters. The Labute approximate surface area is 72.6 Å². The van der Waals surface area contributed by atoms with Crippen molar-refractivity contribution in [3.63, 3.8) is 0 Å². The summed E-state index contributed by atoms with van der Waals surface area (Å²) in [5, 5.41) is 2.92. The zero-order chi connectivity index (χ0) is 8.81. The summed E-state index contributed by atoms with van der Waals surface area (Å²) >= 11 is 0. The highest BCUT2D eigenvalue weighted by Crippen LogP contribution is 2.09. The maximum atomic E-state index is 4.02. The first-order valence-corrected chi connectivity index (χ1v) is 3.78. The van der Waals surface area contributed by atoms with Crippen LogP contribution in [-0.2, 0) is 0 Å². The van der Waals surface area contributed by atoms with Crippen molar-refractivity contribution >= 4 is 12.2 Å². The quantitative estimate of drug-likeness (QED) is 0.730. The lowest BCUT2D eigenvalue weighted by atomic mass is 10.1. The van der Waals surface area contributed by atoms with Crippen molar-refractivity contribution < 1.29 is 0 Å². The third-order valence-corrected chi connectivity index (χ3v) is 1.54. The Kier molecular flexibility index (Phi) is 3.08. The van der Waals surface area contributed by atoms with Gasteiger partial charge in [0.2, 0.25) is 0 Å². The van der Waals surface area contributed by atoms with Crippen LogP contribution in [0.4, 0.5) is 0 Å². The van der Waals surface area contributed by atoms with Gasteiger partial charge in [-0.1, -0.05) is 12.7 Å². The Balaban J connectivity index is 2.96. The fourth-order valence-electron chi connectivity index (χ4n) is 0.916. The molecule has 0 aromatic carbocycles. The molecular weight excluding hydrogens is 148 g/mol. The van der Waals surface area contributed by atoms with Crippen LogP contribution in [0.5, 0.6) is 0 Å². The number of hydrogen-bond acceptors (Lipinski definition) is 2. The second-order valence-corrected chi connectivity index (χ2v) is 2.33. The predicted octanol–water partition coefficient (Wildman–Crippen LogP) is 1.91. The smallest absolute Gasteiger partial charge is 0.0346 e. The highest BCUT2D eigenvalue weighted by Gasteiger charge is 1.92. The van der Waals surface area contributed by atoms with E-state index in [0.29, 0.717) is 0 Å². The van der Waals surface area contributed by atoms with Crippen LogP contribution in [0.25, 0.3) is 12.2 Å². The van der Waals surface area contributed by atoms with Crippen molar-refractivity contribution in [3.05, 3.63) is 42.4 Å². The predicted molar refractivity (Wildman–Crippen MR) is 52.4 cm³/mol. The van der Waals surface area contributed by atoms with Crippen LogP contribution >= 0.6 is 0 Å². The monoisotopic (exact) mass is 160 g/mol. The van der Waals surface area contributed by atoms with Crippen molar-refractivity contribution in [3.8, 4) is 0 Å². The van der Waals surface area contributed by atoms with E-state index in [4.69, 9.17) is 0 Å². The maximum Gasteiger partial charge on any atom is 0.0346 e. The summed E-state index contributed by atoms with van der Waals surface area (Å²) in [5.74, 6) is 0. The number of pyridine rings is 1. The van der Waals surface area contributed by atoms with E-state index in [1.807, 2.05) is 37.7 Å². The van der Waals surface area contributed by atoms with E-state index in [9.17, 15) is 0 Å². The van der Waals surface area contributed by atoms with Gasteiger partial charge in [0, 0.05) is 25.0 Å². The van der Waals surface area contributed by atoms with Gasteiger partial charge in [-0.2, -0.15) is 0 Å². The van der Waals surface area contributed by atoms with Crippen molar-refractivity contribution in [2.75, 3.05) is 7.05 Å². The molecule has 2 heteroatoms. The molecule has 1 rings (SSSR count). The third-order valence-electron chi connectivity index (χ3n) is 1.54. The van der Waals surface area contributed by atoms with Crippen molar-refractivity contribution in [2.45, 2.75) is 0 Å². The SMILES string of the molecule is C=Cc1ccncc1/C=C\NC. The minimum atomic E-state index is 1.07. The first-order chi connectivity index (χ1) is 5.88. The second kappa shape index (κ2) is 4.34. The standard InChI is InChI=1S/C10H12N2/c1-3-9-5-7-12-8-10(9)4-6-11-2/h3-8,11H,1H2,2H3/b6-4-. The molecule has 1 heterocycles. The molecule has 0 aliphatic heterocycles. The Morgan fingerprint density at radius 2 is 2.33 bits per heavy atom. The molecular formula is C10H12N2. The molecule has 0 aliphatic rings. The van der Waals surface area contributed by atoms with Gasteiger partial charge in [-0.25, -0.2) is 0 Å². The highest BCUT2D eigenvalue weighted by molar-refractivity contribution is 5.62. The molecule has 0 radical (unpaired) electrons. The average molecular weight is 160 g/mol. The molecule has 0 spiro atoms. The molecule has 1 N–H and O–H groups in total. The van der Waals surface area contributed by atoms with Crippen LogP contribution in [0.15, 0.2) is 31.2 Å². The van der Waals surface area contributed by atoms with E-state index >= 15 is 0 Å². The van der Waals surface area contributed by atoms with Crippen LogP contribution in [0.3, 0.4) is 0 Å². The molecule has 0 saturated carbocycles. The minimum Gasteiger partial charge on any atom is -0.394 e. The van der Waals surface area contributed by atoms with Gasteiger partial charge in [0.15, 0.2) is 0 Å². The summed E-state index contributed by atoms with van der Waals surface area (Å²) in [6.07, 6.45) is 9.21. The lowest BCUT2D eigenvalue weighted by Gasteiger charge is -1.97. The maximum absolute atomic E-state index is 4.02. The van der Waals surface area contributed by atoms with Crippen LogP contribution in [-0.4, -0.2) is 12.0 Å². The Bertz CT molecular complexity index is 290. The number of aromatic nitrogens is 1. The van der Waals surface area contributed by atoms with Gasteiger partial charge in [-0.15, -0.1) is 0 Å². The molecule has 0 saturated heterocycles. The molecule has 0 amide bonds. The number of nitrogens with zero attached hydrogens (tertiary/aromatic N) is 1. The molecule has 0 aliphatic carbocycles. The van der Waals surface area contributed by atoms with Gasteiger partial charge in [0.25, 0.3) is 0 Å². The van der Waals surface area contributed by atoms with E-state index in [1.54, 1.807) is 6.20 Å². The highest BCUT2D eigenvalue weighted by atomic mass is 14.8. The summed E-state index contributed by atoms with van der Waals surface area (Å²) in [7, 11) is 1.86. The Hall–Kier alpha value is -1.57. The lowest BCUT2D eigenvalue weighted by molar-refractivity contribution is 1.11. The van der Waals surface area contributed by atoms with Gasteiger partial charge in [-0.05, 0) is 23.9 Å². The average Bonchev–Trinajstić information content (AvgIpc) is 2.15. The van der Waals surface area contributed by atoms with Gasteiger partial charge in [0.05, 0.1) is 0 Å². The van der Waals surface area contributed by atoms with Crippen LogP contribution in [0.2, 0.25) is 0 Å². The second-order valence-electron chi connectivity index (χ2n) is 2.33. The molecule has 1 aromatic heterocycles. The van der Waals surface area contributed by atoms with Gasteiger partial charge in [-0.3, -0.25) is 4.98 Å². The van der Waals surface area contributed by atoms with Crippen LogP contribution in [0.1, 0.15) is 11.1 Å². The van der Waals surface area contributed by atoms with Crippen molar-refractivity contribution in [1.82, 2.24) is 10.3 Å². The van der Waals surface area contributed by atoms with Crippen molar-refractivity contribution in [2.24, 2.45) is 0 Å². The Morgan fingerprint density at radius 3 is 3.00 bits per heavy atom. The normalized spacial score (nSPS) is 10.1. The molecule has 0 fully saturated rings. The van der Waals surface area contributed by atoms with Crippen LogP contribution in [0, 0.1) is 0 Å². The van der Waals surface area contributed by atoms with E-state index in [-0.39, 0.29) is 0 Å². The first kappa shape index (κ1) is 8.53. The lowest BCUT2D eigenvalue weighted by Crippen LogP contribution is -1.91. The summed E-state index contributed by atoms with van der Waals surface area (Å²) < 4.78 is 0. The van der Waals surface area contributed by atoms with E-state index in [2.05, 4.69) is 16.9 Å². The van der Waals surface area contributed by atoms with E-state index in [0.717, 1.165) is 11.1 Å².